The van der Waals surface area contributed by atoms with Crippen molar-refractivity contribution in [2.45, 2.75) is 27.2 Å². The van der Waals surface area contributed by atoms with E-state index < -0.39 is 0 Å². The van der Waals surface area contributed by atoms with E-state index in [1.54, 1.807) is 0 Å². The van der Waals surface area contributed by atoms with E-state index in [2.05, 4.69) is 65.3 Å². The molecular weight excluding hydrogens is 286 g/mol. The minimum Gasteiger partial charge on any atom is -0.354 e. The molecule has 21 heavy (non-hydrogen) atoms. The highest BCUT2D eigenvalue weighted by molar-refractivity contribution is 6.28. The summed E-state index contributed by atoms with van der Waals surface area (Å²) in [7, 11) is 0. The van der Waals surface area contributed by atoms with Gasteiger partial charge >= 0.3 is 0 Å². The van der Waals surface area contributed by atoms with Gasteiger partial charge in [0.25, 0.3) is 0 Å². The van der Waals surface area contributed by atoms with Gasteiger partial charge in [0.2, 0.25) is 17.2 Å². The minimum atomic E-state index is 0.198. The van der Waals surface area contributed by atoms with Gasteiger partial charge in [0.05, 0.1) is 0 Å². The van der Waals surface area contributed by atoms with Gasteiger partial charge in [0.15, 0.2) is 0 Å². The summed E-state index contributed by atoms with van der Waals surface area (Å²) in [5.41, 5.74) is 2.25. The minimum absolute atomic E-state index is 0.198. The van der Waals surface area contributed by atoms with Crippen molar-refractivity contribution in [1.29, 1.82) is 0 Å². The molecule has 1 N–H and O–H groups in total. The molecule has 0 saturated carbocycles. The number of benzene rings is 1. The van der Waals surface area contributed by atoms with E-state index in [9.17, 15) is 0 Å². The molecule has 0 atom stereocenters. The molecule has 0 fully saturated rings. The maximum absolute atomic E-state index is 6.01. The first-order valence-electron chi connectivity index (χ1n) is 7.13. The second kappa shape index (κ2) is 7.22. The summed E-state index contributed by atoms with van der Waals surface area (Å²) < 4.78 is 0. The average Bonchev–Trinajstić information content (AvgIpc) is 2.47. The van der Waals surface area contributed by atoms with Crippen molar-refractivity contribution in [2.75, 3.05) is 23.3 Å². The van der Waals surface area contributed by atoms with Gasteiger partial charge in [-0.15, -0.1) is 0 Å². The lowest BCUT2D eigenvalue weighted by Crippen LogP contribution is -2.20. The lowest BCUT2D eigenvalue weighted by atomic mass is 10.2. The van der Waals surface area contributed by atoms with Crippen LogP contribution in [0.2, 0.25) is 5.28 Å². The van der Waals surface area contributed by atoms with Crippen molar-refractivity contribution in [3.63, 3.8) is 0 Å². The summed E-state index contributed by atoms with van der Waals surface area (Å²) in [5.74, 6) is 1.07. The van der Waals surface area contributed by atoms with E-state index in [0.29, 0.717) is 11.9 Å². The summed E-state index contributed by atoms with van der Waals surface area (Å²) in [6, 6.07) is 8.24. The number of halogens is 1. The zero-order valence-electron chi connectivity index (χ0n) is 12.6. The molecule has 2 aromatic rings. The number of anilines is 3. The smallest absolute Gasteiger partial charge is 0.236 e. The third-order valence-corrected chi connectivity index (χ3v) is 3.20. The van der Waals surface area contributed by atoms with Crippen LogP contribution in [0, 0.1) is 6.92 Å². The lowest BCUT2D eigenvalue weighted by Gasteiger charge is -2.21. The summed E-state index contributed by atoms with van der Waals surface area (Å²) in [4.78, 5) is 14.8. The van der Waals surface area contributed by atoms with Crippen LogP contribution in [-0.2, 0) is 0 Å². The Morgan fingerprint density at radius 1 is 1.10 bits per heavy atom. The van der Waals surface area contributed by atoms with E-state index in [1.807, 2.05) is 4.90 Å². The monoisotopic (exact) mass is 305 g/mol. The Morgan fingerprint density at radius 2 is 1.81 bits per heavy atom. The van der Waals surface area contributed by atoms with Crippen LogP contribution in [0.3, 0.4) is 0 Å². The fourth-order valence-corrected chi connectivity index (χ4v) is 2.10. The molecule has 5 nitrogen and oxygen atoms in total. The van der Waals surface area contributed by atoms with Crippen LogP contribution in [-0.4, -0.2) is 28.0 Å². The van der Waals surface area contributed by atoms with E-state index in [4.69, 9.17) is 11.6 Å². The van der Waals surface area contributed by atoms with Gasteiger partial charge in [-0.2, -0.15) is 15.0 Å². The van der Waals surface area contributed by atoms with Gasteiger partial charge in [0, 0.05) is 18.8 Å². The Labute approximate surface area is 130 Å². The molecule has 1 aromatic carbocycles. The summed E-state index contributed by atoms with van der Waals surface area (Å²) in [6.45, 7) is 7.75. The van der Waals surface area contributed by atoms with Crippen LogP contribution in [0.4, 0.5) is 17.6 Å². The molecule has 0 bridgehead atoms. The molecule has 0 radical (unpaired) electrons. The van der Waals surface area contributed by atoms with Crippen molar-refractivity contribution >= 4 is 29.2 Å². The van der Waals surface area contributed by atoms with Crippen molar-refractivity contribution in [2.24, 2.45) is 0 Å². The first kappa shape index (κ1) is 15.5. The SMILES string of the molecule is CCCNc1nc(Cl)nc(N(CC)c2ccc(C)cc2)n1. The maximum Gasteiger partial charge on any atom is 0.236 e. The lowest BCUT2D eigenvalue weighted by molar-refractivity contribution is 0.900. The van der Waals surface area contributed by atoms with E-state index >= 15 is 0 Å². The van der Waals surface area contributed by atoms with Gasteiger partial charge in [-0.05, 0) is 44.0 Å². The third-order valence-electron chi connectivity index (χ3n) is 3.03. The van der Waals surface area contributed by atoms with Crippen LogP contribution in [0.25, 0.3) is 0 Å². The van der Waals surface area contributed by atoms with Crippen LogP contribution < -0.4 is 10.2 Å². The first-order chi connectivity index (χ1) is 10.1. The van der Waals surface area contributed by atoms with Crippen molar-refractivity contribution in [1.82, 2.24) is 15.0 Å². The standard InChI is InChI=1S/C15H20ClN5/c1-4-10-17-14-18-13(16)19-15(20-14)21(5-2)12-8-6-11(3)7-9-12/h6-9H,4-5,10H2,1-3H3,(H,17,18,19,20). The van der Waals surface area contributed by atoms with Gasteiger partial charge in [-0.1, -0.05) is 24.6 Å². The number of hydrogen-bond acceptors (Lipinski definition) is 5. The third kappa shape index (κ3) is 4.04. The number of nitrogens with one attached hydrogen (secondary N) is 1. The molecule has 0 saturated heterocycles. The van der Waals surface area contributed by atoms with E-state index in [1.165, 1.54) is 5.56 Å². The molecular formula is C15H20ClN5. The van der Waals surface area contributed by atoms with Crippen LogP contribution in [0.5, 0.6) is 0 Å². The quantitative estimate of drug-likeness (QED) is 0.879. The number of aryl methyl sites for hydroxylation is 1. The second-order valence-corrected chi connectivity index (χ2v) is 5.07. The van der Waals surface area contributed by atoms with Gasteiger partial charge in [0.1, 0.15) is 0 Å². The highest BCUT2D eigenvalue weighted by Gasteiger charge is 2.13. The molecule has 0 amide bonds. The highest BCUT2D eigenvalue weighted by atomic mass is 35.5. The molecule has 1 heterocycles. The molecule has 0 aliphatic rings. The second-order valence-electron chi connectivity index (χ2n) is 4.73. The average molecular weight is 306 g/mol. The molecule has 112 valence electrons. The normalized spacial score (nSPS) is 10.5. The topological polar surface area (TPSA) is 53.9 Å². The molecule has 0 spiro atoms. The molecule has 0 aliphatic heterocycles. The first-order valence-corrected chi connectivity index (χ1v) is 7.51. The Balaban J connectivity index is 2.32. The van der Waals surface area contributed by atoms with E-state index in [0.717, 1.165) is 25.2 Å². The predicted octanol–water partition coefficient (Wildman–Crippen LogP) is 3.81. The zero-order valence-corrected chi connectivity index (χ0v) is 13.4. The Hall–Kier alpha value is -1.88. The molecule has 1 aromatic heterocycles. The number of hydrogen-bond donors (Lipinski definition) is 1. The Bertz CT molecular complexity index is 585. The molecule has 0 aliphatic carbocycles. The maximum atomic E-state index is 6.01. The molecule has 0 unspecified atom stereocenters. The number of rotatable bonds is 6. The van der Waals surface area contributed by atoms with Crippen molar-refractivity contribution < 1.29 is 0 Å². The summed E-state index contributed by atoms with van der Waals surface area (Å²) in [5, 5.41) is 3.34. The molecule has 6 heteroatoms. The van der Waals surface area contributed by atoms with Crippen LogP contribution in [0.1, 0.15) is 25.8 Å². The summed E-state index contributed by atoms with van der Waals surface area (Å²) in [6.07, 6.45) is 0.994. The zero-order chi connectivity index (χ0) is 15.2. The van der Waals surface area contributed by atoms with Gasteiger partial charge in [-0.25, -0.2) is 0 Å². The number of nitrogens with zero attached hydrogens (tertiary/aromatic N) is 4. The largest absolute Gasteiger partial charge is 0.354 e. The van der Waals surface area contributed by atoms with Crippen molar-refractivity contribution in [3.05, 3.63) is 35.1 Å². The number of aromatic nitrogens is 3. The van der Waals surface area contributed by atoms with E-state index in [-0.39, 0.29) is 5.28 Å². The fourth-order valence-electron chi connectivity index (χ4n) is 1.94. The fraction of sp³-hybridized carbons (Fsp3) is 0.400. The Kier molecular flexibility index (Phi) is 5.33. The summed E-state index contributed by atoms with van der Waals surface area (Å²) >= 11 is 6.01. The predicted molar refractivity (Wildman–Crippen MR) is 87.5 cm³/mol. The van der Waals surface area contributed by atoms with Gasteiger partial charge < -0.3 is 10.2 Å². The highest BCUT2D eigenvalue weighted by Crippen LogP contribution is 2.23. The molecule has 2 rings (SSSR count). The van der Waals surface area contributed by atoms with Crippen molar-refractivity contribution in [3.8, 4) is 0 Å². The van der Waals surface area contributed by atoms with Gasteiger partial charge in [-0.3, -0.25) is 0 Å². The Morgan fingerprint density at radius 3 is 2.43 bits per heavy atom. The van der Waals surface area contributed by atoms with Crippen LogP contribution in [0.15, 0.2) is 24.3 Å². The van der Waals surface area contributed by atoms with Crippen LogP contribution >= 0.6 is 11.6 Å².